The van der Waals surface area contributed by atoms with Gasteiger partial charge in [-0.25, -0.2) is 0 Å². The van der Waals surface area contributed by atoms with E-state index in [1.807, 2.05) is 19.9 Å². The Kier molecular flexibility index (Phi) is 12.3. The summed E-state index contributed by atoms with van der Waals surface area (Å²) in [4.78, 5) is 17.3. The first-order chi connectivity index (χ1) is 40.3. The van der Waals surface area contributed by atoms with Crippen LogP contribution in [0.15, 0.2) is 82.8 Å². The number of rotatable bonds is 10. The van der Waals surface area contributed by atoms with Crippen molar-refractivity contribution in [1.29, 1.82) is 0 Å². The van der Waals surface area contributed by atoms with Gasteiger partial charge in [0.15, 0.2) is 5.78 Å². The average molecular weight is 1140 g/mol. The lowest BCUT2D eigenvalue weighted by molar-refractivity contribution is -0.243. The van der Waals surface area contributed by atoms with E-state index >= 15 is 9.90 Å². The molecule has 0 aromatic heterocycles. The van der Waals surface area contributed by atoms with Gasteiger partial charge in [0.25, 0.3) is 0 Å². The van der Waals surface area contributed by atoms with Crippen LogP contribution in [0.25, 0.3) is 0 Å². The number of nitrogens with two attached hydrogens (primary N) is 1. The molecule has 4 spiro atoms. The number of aliphatic hydroxyl groups excluding tert-OH is 3. The predicted octanol–water partition coefficient (Wildman–Crippen LogP) is 10.8. The summed E-state index contributed by atoms with van der Waals surface area (Å²) in [5, 5.41) is 68.6. The second kappa shape index (κ2) is 18.5. The molecule has 0 radical (unpaired) electrons. The van der Waals surface area contributed by atoms with Crippen LogP contribution in [0.4, 0.5) is 0 Å². The summed E-state index contributed by atoms with van der Waals surface area (Å²) in [5.74, 6) is 8.26. The molecule has 10 heteroatoms. The maximum atomic E-state index is 17.3. The van der Waals surface area contributed by atoms with Crippen molar-refractivity contribution in [2.45, 2.75) is 223 Å². The number of allylic oxidation sites excluding steroid dienone is 5. The topological polar surface area (TPSA) is 178 Å². The minimum Gasteiger partial charge on any atom is -0.396 e. The summed E-state index contributed by atoms with van der Waals surface area (Å²) in [7, 11) is 0. The Morgan fingerprint density at radius 3 is 2.48 bits per heavy atom. The van der Waals surface area contributed by atoms with Gasteiger partial charge in [-0.15, -0.1) is 0 Å². The highest BCUT2D eigenvalue weighted by atomic mass is 16.6. The van der Waals surface area contributed by atoms with Crippen LogP contribution in [0.2, 0.25) is 0 Å². The summed E-state index contributed by atoms with van der Waals surface area (Å²) in [6.07, 6.45) is 33.1. The molecule has 10 nitrogen and oxygen atoms in total. The number of Topliss-reactive ketones (excluding diaryl/α,β-unsaturated/α-hetero) is 1. The molecule has 7 saturated carbocycles. The van der Waals surface area contributed by atoms with Crippen LogP contribution in [-0.4, -0.2) is 92.8 Å². The van der Waals surface area contributed by atoms with E-state index in [1.165, 1.54) is 48.8 Å². The molecule has 2 saturated heterocycles. The van der Waals surface area contributed by atoms with Crippen LogP contribution in [0.3, 0.4) is 0 Å². The highest BCUT2D eigenvalue weighted by molar-refractivity contribution is 6.01. The molecule has 9 fully saturated rings. The fourth-order valence-electron chi connectivity index (χ4n) is 25.7. The maximum Gasteiger partial charge on any atom is 0.163 e. The molecule has 1 aromatic rings. The molecule has 84 heavy (non-hydrogen) atoms. The van der Waals surface area contributed by atoms with Crippen LogP contribution in [0.5, 0.6) is 0 Å². The van der Waals surface area contributed by atoms with E-state index < -0.39 is 68.1 Å². The fourth-order valence-corrected chi connectivity index (χ4v) is 25.7. The molecule has 8 N–H and O–H groups in total. The second-order valence-corrected chi connectivity index (χ2v) is 32.8. The van der Waals surface area contributed by atoms with E-state index in [9.17, 15) is 20.4 Å². The van der Waals surface area contributed by atoms with Gasteiger partial charge in [0.2, 0.25) is 0 Å². The van der Waals surface area contributed by atoms with Crippen molar-refractivity contribution in [3.63, 3.8) is 0 Å². The highest BCUT2D eigenvalue weighted by Crippen LogP contribution is 2.89. The first-order valence-electron chi connectivity index (χ1n) is 34.1. The normalized spacial score (nSPS) is 48.1. The number of dihydropyridines is 1. The van der Waals surface area contributed by atoms with Gasteiger partial charge in [0.05, 0.1) is 36.3 Å². The molecule has 20 unspecified atom stereocenters. The third kappa shape index (κ3) is 6.94. The molecule has 3 heterocycles. The molecule has 17 rings (SSSR count). The van der Waals surface area contributed by atoms with Crippen molar-refractivity contribution in [3.8, 4) is 11.8 Å². The molecule has 3 aliphatic heterocycles. The average Bonchev–Trinajstić information content (AvgIpc) is 1.32. The SMILES string of the molecule is CC1CCOC(C2OC2C(C)(O)C(C)(CO)CCC2=CCNC(N)=C2)(C2CC3CCC4=C5C6C(CCc7ccccc7CC#CC7C8(CCC9(CCCC9)C8)CC89C=CC%10C(O)CC78C6(CC(C6(CO)CCCC6)=C9)C%10C4=O)CC2(C)C53O)C1. The molecular weight excluding hydrogens is 1040 g/mol. The summed E-state index contributed by atoms with van der Waals surface area (Å²) < 4.78 is 14.7. The number of hydrogen-bond donors (Lipinski definition) is 7. The molecule has 20 atom stereocenters. The Labute approximate surface area is 500 Å². The lowest BCUT2D eigenvalue weighted by Crippen LogP contribution is -2.75. The van der Waals surface area contributed by atoms with Gasteiger partial charge in [-0.05, 0) is 215 Å². The quantitative estimate of drug-likeness (QED) is 0.0678. The van der Waals surface area contributed by atoms with E-state index in [1.54, 1.807) is 0 Å². The Hall–Kier alpha value is -3.53. The smallest absolute Gasteiger partial charge is 0.163 e. The van der Waals surface area contributed by atoms with Gasteiger partial charge >= 0.3 is 0 Å². The number of ether oxygens (including phenoxy) is 2. The van der Waals surface area contributed by atoms with Crippen LogP contribution < -0.4 is 11.1 Å². The van der Waals surface area contributed by atoms with Crippen molar-refractivity contribution >= 4 is 5.78 Å². The molecule has 1 aromatic carbocycles. The summed E-state index contributed by atoms with van der Waals surface area (Å²) in [6, 6.07) is 9.06. The lowest BCUT2D eigenvalue weighted by atomic mass is 9.28. The van der Waals surface area contributed by atoms with Crippen LogP contribution in [0.1, 0.15) is 187 Å². The fraction of sp³-hybridized carbons (Fsp3) is 0.743. The molecule has 13 aliphatic carbocycles. The number of nitrogens with one attached hydrogen (secondary N) is 1. The van der Waals surface area contributed by atoms with E-state index in [0.717, 1.165) is 100 Å². The van der Waals surface area contributed by atoms with Crippen molar-refractivity contribution < 1.29 is 39.8 Å². The number of carbonyl (C=O) groups is 1. The zero-order valence-electron chi connectivity index (χ0n) is 51.1. The highest BCUT2D eigenvalue weighted by Gasteiger charge is 2.87. The Balaban J connectivity index is 0.898. The first-order valence-corrected chi connectivity index (χ1v) is 34.1. The van der Waals surface area contributed by atoms with Gasteiger partial charge in [0, 0.05) is 64.4 Å². The van der Waals surface area contributed by atoms with E-state index in [0.29, 0.717) is 75.3 Å². The van der Waals surface area contributed by atoms with Crippen LogP contribution in [0, 0.1) is 103 Å². The van der Waals surface area contributed by atoms with Gasteiger partial charge in [-0.3, -0.25) is 4.79 Å². The van der Waals surface area contributed by atoms with E-state index in [-0.39, 0.29) is 65.3 Å². The third-order valence-electron chi connectivity index (χ3n) is 29.5. The van der Waals surface area contributed by atoms with Crippen molar-refractivity contribution in [2.24, 2.45) is 96.4 Å². The number of aliphatic hydroxyl groups is 5. The summed E-state index contributed by atoms with van der Waals surface area (Å²) in [5.41, 5.74) is 6.03. The number of hydrogen-bond acceptors (Lipinski definition) is 10. The van der Waals surface area contributed by atoms with E-state index in [2.05, 4.69) is 79.6 Å². The van der Waals surface area contributed by atoms with Gasteiger partial charge in [-0.1, -0.05) is 112 Å². The van der Waals surface area contributed by atoms with E-state index in [4.69, 9.17) is 15.2 Å². The van der Waals surface area contributed by atoms with Crippen LogP contribution >= 0.6 is 0 Å². The standard InChI is InChI=1S/C74H98N2O8/c1-45-23-33-83-72(36-45,63-62(84-63)66(4,81)64(2,43-77)28-20-46-22-32-76-57(75)34-46)56-35-50-18-19-53-59-58-49(37-65(56,3)74(50,59)82)17-16-48-13-6-5-12-47(48)14-11-15-55-69(31-30-67(41-69)24-7-8-25-67)42-70-29-21-52-54(79)40-73(55,70)71(58,60(52)61(53)80)39-51(38-70)68(44-78)26-9-10-27-68/h5-6,12-13,21-22,29,34,38,45,49-50,52,54-56,58,60,62-63,76-79,81-82H,7-10,14,16-20,23-28,30-33,35-37,39-44,75H2,1-4H3. The zero-order chi connectivity index (χ0) is 57.9. The van der Waals surface area contributed by atoms with Crippen molar-refractivity contribution in [3.05, 3.63) is 93.9 Å². The van der Waals surface area contributed by atoms with Gasteiger partial charge in [-0.2, -0.15) is 0 Å². The Morgan fingerprint density at radius 2 is 1.71 bits per heavy atom. The minimum absolute atomic E-state index is 0.0640. The van der Waals surface area contributed by atoms with Crippen molar-refractivity contribution in [1.82, 2.24) is 5.32 Å². The molecule has 452 valence electrons. The Morgan fingerprint density at radius 1 is 0.929 bits per heavy atom. The molecule has 0 amide bonds. The first kappa shape index (κ1) is 55.8. The largest absolute Gasteiger partial charge is 0.396 e. The Bertz CT molecular complexity index is 3170. The van der Waals surface area contributed by atoms with Crippen LogP contribution in [-0.2, 0) is 27.1 Å². The molecular formula is C74H98N2O8. The number of aryl methyl sites for hydroxylation is 1. The van der Waals surface area contributed by atoms with Gasteiger partial charge in [0.1, 0.15) is 17.8 Å². The van der Waals surface area contributed by atoms with Crippen molar-refractivity contribution in [2.75, 3.05) is 26.4 Å². The minimum atomic E-state index is -1.43. The second-order valence-electron chi connectivity index (χ2n) is 32.8. The monoisotopic (exact) mass is 1140 g/mol. The number of carbonyl (C=O) groups excluding carboxylic acids is 1. The maximum absolute atomic E-state index is 17.3. The summed E-state index contributed by atoms with van der Waals surface area (Å²) >= 11 is 0. The number of benzene rings is 1. The lowest BCUT2D eigenvalue weighted by Gasteiger charge is -2.75. The molecule has 4 bridgehead atoms. The third-order valence-corrected chi connectivity index (χ3v) is 29.5. The summed E-state index contributed by atoms with van der Waals surface area (Å²) in [6.45, 7) is 9.74. The molecule has 16 aliphatic rings. The van der Waals surface area contributed by atoms with Gasteiger partial charge < -0.3 is 46.1 Å². The predicted molar refractivity (Wildman–Crippen MR) is 323 cm³/mol. The number of fused-ring (bicyclic) bond motifs is 3. The number of epoxide rings is 1. The zero-order valence-corrected chi connectivity index (χ0v) is 51.1. The number of ketones is 1.